The Morgan fingerprint density at radius 1 is 1.56 bits per heavy atom. The van der Waals surface area contributed by atoms with Gasteiger partial charge in [-0.05, 0) is 18.9 Å². The van der Waals surface area contributed by atoms with Crippen LogP contribution in [0.25, 0.3) is 0 Å². The van der Waals surface area contributed by atoms with Crippen LogP contribution in [0.2, 0.25) is 0 Å². The zero-order valence-electron chi connectivity index (χ0n) is 9.58. The molecule has 18 heavy (non-hydrogen) atoms. The van der Waals surface area contributed by atoms with E-state index in [4.69, 9.17) is 9.84 Å². The summed E-state index contributed by atoms with van der Waals surface area (Å²) < 4.78 is 30.1. The number of aromatic nitrogens is 1. The zero-order chi connectivity index (χ0) is 13.3. The average Bonchev–Trinajstić information content (AvgIpc) is 3.02. The molecule has 0 aliphatic heterocycles. The summed E-state index contributed by atoms with van der Waals surface area (Å²) in [6, 6.07) is 1.14. The van der Waals surface area contributed by atoms with E-state index in [0.29, 0.717) is 0 Å². The summed E-state index contributed by atoms with van der Waals surface area (Å²) in [4.78, 5) is 14.5. The van der Waals surface area contributed by atoms with Gasteiger partial charge in [0.05, 0.1) is 24.2 Å². The maximum absolute atomic E-state index is 11.2. The van der Waals surface area contributed by atoms with Crippen molar-refractivity contribution < 1.29 is 23.1 Å². The third-order valence-corrected chi connectivity index (χ3v) is 2.79. The minimum atomic E-state index is -3.51. The molecule has 1 saturated carbocycles. The Kier molecular flexibility index (Phi) is 3.12. The van der Waals surface area contributed by atoms with Gasteiger partial charge in [-0.1, -0.05) is 0 Å². The van der Waals surface area contributed by atoms with Gasteiger partial charge in [0.15, 0.2) is 11.4 Å². The van der Waals surface area contributed by atoms with Gasteiger partial charge in [0.25, 0.3) is 0 Å². The van der Waals surface area contributed by atoms with Gasteiger partial charge < -0.3 is 9.84 Å². The lowest BCUT2D eigenvalue weighted by molar-refractivity contribution is 0.0690. The molecule has 0 saturated heterocycles. The first kappa shape index (κ1) is 12.6. The van der Waals surface area contributed by atoms with E-state index in [2.05, 4.69) is 9.71 Å². The lowest BCUT2D eigenvalue weighted by Gasteiger charge is -2.11. The molecular formula is C10H12N2O5S. The van der Waals surface area contributed by atoms with Crippen molar-refractivity contribution in [2.24, 2.45) is 0 Å². The van der Waals surface area contributed by atoms with Crippen LogP contribution in [0.15, 0.2) is 12.3 Å². The summed E-state index contributed by atoms with van der Waals surface area (Å²) in [5, 5.41) is 8.81. The molecule has 1 aliphatic carbocycles. The van der Waals surface area contributed by atoms with Crippen LogP contribution in [0.1, 0.15) is 23.3 Å². The molecule has 1 heterocycles. The number of aromatic carboxylic acids is 1. The number of rotatable bonds is 5. The Labute approximate surface area is 104 Å². The molecule has 0 bridgehead atoms. The molecule has 0 unspecified atom stereocenters. The van der Waals surface area contributed by atoms with Gasteiger partial charge >= 0.3 is 5.97 Å². The highest BCUT2D eigenvalue weighted by atomic mass is 32.2. The number of nitrogens with zero attached hydrogens (tertiary/aromatic N) is 1. The van der Waals surface area contributed by atoms with E-state index in [1.165, 1.54) is 6.20 Å². The molecule has 0 spiro atoms. The minimum absolute atomic E-state index is 0.0580. The molecule has 0 aromatic carbocycles. The molecule has 7 nitrogen and oxygen atoms in total. The van der Waals surface area contributed by atoms with Crippen molar-refractivity contribution in [3.8, 4) is 5.75 Å². The van der Waals surface area contributed by atoms with Crippen molar-refractivity contribution in [2.75, 3.05) is 11.0 Å². The fraction of sp³-hybridized carbons (Fsp3) is 0.400. The second-order valence-electron chi connectivity index (χ2n) is 4.06. The van der Waals surface area contributed by atoms with Crippen LogP contribution in [0, 0.1) is 0 Å². The fourth-order valence-corrected chi connectivity index (χ4v) is 1.86. The number of sulfonamides is 1. The normalized spacial score (nSPS) is 15.2. The van der Waals surface area contributed by atoms with Crippen molar-refractivity contribution in [1.29, 1.82) is 0 Å². The SMILES string of the molecule is CS(=O)(=O)Nc1cc(C(=O)O)ncc1OC1CC1. The predicted octanol–water partition coefficient (Wildman–Crippen LogP) is 0.692. The van der Waals surface area contributed by atoms with Crippen LogP contribution in [-0.2, 0) is 10.0 Å². The van der Waals surface area contributed by atoms with Crippen LogP contribution in [0.3, 0.4) is 0 Å². The monoisotopic (exact) mass is 272 g/mol. The highest BCUT2D eigenvalue weighted by Gasteiger charge is 2.25. The zero-order valence-corrected chi connectivity index (χ0v) is 10.4. The summed E-state index contributed by atoms with van der Waals surface area (Å²) in [7, 11) is -3.51. The highest BCUT2D eigenvalue weighted by molar-refractivity contribution is 7.92. The van der Waals surface area contributed by atoms with Gasteiger partial charge in [-0.15, -0.1) is 0 Å². The number of carboxylic acids is 1. The van der Waals surface area contributed by atoms with E-state index in [1.54, 1.807) is 0 Å². The number of hydrogen-bond donors (Lipinski definition) is 2. The number of carbonyl (C=O) groups is 1. The van der Waals surface area contributed by atoms with Crippen molar-refractivity contribution in [3.63, 3.8) is 0 Å². The van der Waals surface area contributed by atoms with Gasteiger partial charge in [0, 0.05) is 0 Å². The molecule has 98 valence electrons. The van der Waals surface area contributed by atoms with E-state index in [9.17, 15) is 13.2 Å². The Bertz CT molecular complexity index is 580. The van der Waals surface area contributed by atoms with Crippen LogP contribution < -0.4 is 9.46 Å². The number of pyridine rings is 1. The topological polar surface area (TPSA) is 106 Å². The number of nitrogens with one attached hydrogen (secondary N) is 1. The standard InChI is InChI=1S/C10H12N2O5S/c1-18(15,16)12-7-4-8(10(13)14)11-5-9(7)17-6-2-3-6/h4-6H,2-3H2,1H3,(H,11,12)(H,13,14). The highest BCUT2D eigenvalue weighted by Crippen LogP contribution is 2.32. The maximum Gasteiger partial charge on any atom is 0.354 e. The van der Waals surface area contributed by atoms with E-state index in [-0.39, 0.29) is 23.2 Å². The quantitative estimate of drug-likeness (QED) is 0.817. The van der Waals surface area contributed by atoms with Crippen molar-refractivity contribution in [2.45, 2.75) is 18.9 Å². The molecule has 1 aliphatic rings. The van der Waals surface area contributed by atoms with Crippen LogP contribution >= 0.6 is 0 Å². The molecule has 0 radical (unpaired) electrons. The lowest BCUT2D eigenvalue weighted by Crippen LogP contribution is -2.13. The van der Waals surface area contributed by atoms with E-state index in [0.717, 1.165) is 25.2 Å². The summed E-state index contributed by atoms with van der Waals surface area (Å²) in [6.07, 6.45) is 4.06. The third-order valence-electron chi connectivity index (χ3n) is 2.20. The molecule has 1 aromatic heterocycles. The van der Waals surface area contributed by atoms with Gasteiger partial charge in [0.2, 0.25) is 10.0 Å². The van der Waals surface area contributed by atoms with Crippen molar-refractivity contribution in [3.05, 3.63) is 18.0 Å². The van der Waals surface area contributed by atoms with Crippen LogP contribution in [0.5, 0.6) is 5.75 Å². The lowest BCUT2D eigenvalue weighted by atomic mass is 10.3. The maximum atomic E-state index is 11.2. The van der Waals surface area contributed by atoms with E-state index >= 15 is 0 Å². The van der Waals surface area contributed by atoms with Gasteiger partial charge in [-0.25, -0.2) is 18.2 Å². The fourth-order valence-electron chi connectivity index (χ4n) is 1.30. The first-order valence-electron chi connectivity index (χ1n) is 5.23. The first-order chi connectivity index (χ1) is 8.35. The summed E-state index contributed by atoms with van der Waals surface area (Å²) in [6.45, 7) is 0. The molecule has 8 heteroatoms. The van der Waals surface area contributed by atoms with Crippen molar-refractivity contribution in [1.82, 2.24) is 4.98 Å². The number of ether oxygens (including phenoxy) is 1. The Balaban J connectivity index is 2.35. The molecule has 0 amide bonds. The van der Waals surface area contributed by atoms with Crippen LogP contribution in [0.4, 0.5) is 5.69 Å². The average molecular weight is 272 g/mol. The molecule has 2 N–H and O–H groups in total. The molecule has 2 rings (SSSR count). The summed E-state index contributed by atoms with van der Waals surface area (Å²) >= 11 is 0. The molecule has 0 atom stereocenters. The number of anilines is 1. The number of hydrogen-bond acceptors (Lipinski definition) is 5. The number of carboxylic acid groups (broad SMARTS) is 1. The van der Waals surface area contributed by atoms with Gasteiger partial charge in [-0.3, -0.25) is 4.72 Å². The van der Waals surface area contributed by atoms with Gasteiger partial charge in [-0.2, -0.15) is 0 Å². The van der Waals surface area contributed by atoms with Crippen molar-refractivity contribution >= 4 is 21.7 Å². The molecule has 1 fully saturated rings. The third kappa shape index (κ3) is 3.33. The first-order valence-corrected chi connectivity index (χ1v) is 7.12. The Morgan fingerprint density at radius 2 is 2.22 bits per heavy atom. The molecule has 1 aromatic rings. The predicted molar refractivity (Wildman–Crippen MR) is 63.3 cm³/mol. The van der Waals surface area contributed by atoms with E-state index < -0.39 is 16.0 Å². The Morgan fingerprint density at radius 3 is 2.72 bits per heavy atom. The Hall–Kier alpha value is -1.83. The van der Waals surface area contributed by atoms with E-state index in [1.807, 2.05) is 0 Å². The smallest absolute Gasteiger partial charge is 0.354 e. The van der Waals surface area contributed by atoms with Crippen LogP contribution in [-0.4, -0.2) is 36.8 Å². The second kappa shape index (κ2) is 4.45. The minimum Gasteiger partial charge on any atom is -0.487 e. The summed E-state index contributed by atoms with van der Waals surface area (Å²) in [5.41, 5.74) is -0.152. The molecular weight excluding hydrogens is 260 g/mol. The second-order valence-corrected chi connectivity index (χ2v) is 5.81. The summed E-state index contributed by atoms with van der Waals surface area (Å²) in [5.74, 6) is -0.988. The van der Waals surface area contributed by atoms with Gasteiger partial charge in [0.1, 0.15) is 0 Å². The largest absolute Gasteiger partial charge is 0.487 e.